The van der Waals surface area contributed by atoms with Gasteiger partial charge in [0.25, 0.3) is 0 Å². The van der Waals surface area contributed by atoms with Crippen LogP contribution in [0.3, 0.4) is 0 Å². The lowest BCUT2D eigenvalue weighted by molar-refractivity contribution is -0.137. The largest absolute Gasteiger partial charge is 0.416 e. The van der Waals surface area contributed by atoms with E-state index >= 15 is 0 Å². The lowest BCUT2D eigenvalue weighted by Gasteiger charge is -2.17. The highest BCUT2D eigenvalue weighted by atomic mass is 19.4. The second kappa shape index (κ2) is 8.56. The van der Waals surface area contributed by atoms with Crippen LogP contribution in [0.4, 0.5) is 13.2 Å². The van der Waals surface area contributed by atoms with Gasteiger partial charge in [-0.1, -0.05) is 30.0 Å². The molecule has 3 N–H and O–H groups in total. The number of nitrogens with two attached hydrogens (primary N) is 1. The molecule has 0 saturated carbocycles. The number of nitrogens with one attached hydrogen (secondary N) is 1. The van der Waals surface area contributed by atoms with E-state index in [9.17, 15) is 18.0 Å². The minimum atomic E-state index is -4.42. The normalized spacial score (nSPS) is 13.7. The lowest BCUT2D eigenvalue weighted by atomic mass is 10.0. The molecule has 0 aliphatic rings. The molecule has 126 valence electrons. The number of carbonyl (C=O) groups is 1. The van der Waals surface area contributed by atoms with E-state index in [1.807, 2.05) is 0 Å². The quantitative estimate of drug-likeness (QED) is 0.809. The number of halogens is 3. The Labute approximate surface area is 133 Å². The van der Waals surface area contributed by atoms with Gasteiger partial charge in [0.1, 0.15) is 6.10 Å². The summed E-state index contributed by atoms with van der Waals surface area (Å²) >= 11 is 0. The summed E-state index contributed by atoms with van der Waals surface area (Å²) < 4.78 is 43.2. The Balaban J connectivity index is 2.78. The fourth-order valence-corrected chi connectivity index (χ4v) is 1.93. The highest BCUT2D eigenvalue weighted by Gasteiger charge is 2.30. The molecule has 23 heavy (non-hydrogen) atoms. The van der Waals surface area contributed by atoms with Crippen molar-refractivity contribution >= 4 is 5.91 Å². The van der Waals surface area contributed by atoms with Crippen LogP contribution in [0.2, 0.25) is 0 Å². The van der Waals surface area contributed by atoms with E-state index in [1.54, 1.807) is 6.92 Å². The molecule has 0 heterocycles. The molecule has 0 aliphatic heterocycles. The summed E-state index contributed by atoms with van der Waals surface area (Å²) in [6, 6.07) is 4.39. The van der Waals surface area contributed by atoms with Gasteiger partial charge in [0.05, 0.1) is 18.2 Å². The Hall–Kier alpha value is -2.04. The van der Waals surface area contributed by atoms with Crippen LogP contribution >= 0.6 is 0 Å². The van der Waals surface area contributed by atoms with Crippen LogP contribution in [0.5, 0.6) is 0 Å². The van der Waals surface area contributed by atoms with Crippen LogP contribution in [0.15, 0.2) is 24.3 Å². The molecule has 1 aromatic carbocycles. The number of benzene rings is 1. The van der Waals surface area contributed by atoms with Crippen LogP contribution < -0.4 is 11.1 Å². The topological polar surface area (TPSA) is 64.3 Å². The number of carbonyl (C=O) groups excluding carboxylic acids is 1. The smallest absolute Gasteiger partial charge is 0.371 e. The average Bonchev–Trinajstić information content (AvgIpc) is 2.49. The summed E-state index contributed by atoms with van der Waals surface area (Å²) in [5.41, 5.74) is 4.85. The molecule has 0 fully saturated rings. The van der Waals surface area contributed by atoms with Crippen LogP contribution in [0, 0.1) is 11.8 Å². The zero-order valence-electron chi connectivity index (χ0n) is 12.9. The second-order valence-corrected chi connectivity index (χ2v) is 4.88. The van der Waals surface area contributed by atoms with Crippen LogP contribution in [-0.4, -0.2) is 31.7 Å². The van der Waals surface area contributed by atoms with E-state index in [2.05, 4.69) is 17.2 Å². The molecule has 1 amide bonds. The summed E-state index contributed by atoms with van der Waals surface area (Å²) in [7, 11) is 1.33. The van der Waals surface area contributed by atoms with E-state index in [0.717, 1.165) is 12.1 Å². The summed E-state index contributed by atoms with van der Waals surface area (Å²) in [4.78, 5) is 12.1. The monoisotopic (exact) mass is 328 g/mol. The first-order chi connectivity index (χ1) is 10.8. The maximum atomic E-state index is 12.7. The zero-order chi connectivity index (χ0) is 17.5. The van der Waals surface area contributed by atoms with E-state index in [4.69, 9.17) is 10.5 Å². The summed E-state index contributed by atoms with van der Waals surface area (Å²) in [5, 5.41) is 2.62. The third-order valence-electron chi connectivity index (χ3n) is 3.03. The van der Waals surface area contributed by atoms with Crippen molar-refractivity contribution < 1.29 is 22.7 Å². The van der Waals surface area contributed by atoms with Gasteiger partial charge in [0.2, 0.25) is 5.91 Å². The van der Waals surface area contributed by atoms with Crippen molar-refractivity contribution in [3.8, 4) is 11.8 Å². The molecule has 1 aromatic rings. The number of rotatable bonds is 5. The highest BCUT2D eigenvalue weighted by molar-refractivity contribution is 5.81. The molecule has 0 bridgehead atoms. The van der Waals surface area contributed by atoms with Crippen LogP contribution in [0.25, 0.3) is 0 Å². The average molecular weight is 328 g/mol. The minimum Gasteiger partial charge on any atom is -0.371 e. The first-order valence-electron chi connectivity index (χ1n) is 6.95. The maximum Gasteiger partial charge on any atom is 0.416 e. The molecule has 0 aromatic heterocycles. The Morgan fingerprint density at radius 3 is 2.70 bits per heavy atom. The van der Waals surface area contributed by atoms with Gasteiger partial charge in [0.15, 0.2) is 0 Å². The van der Waals surface area contributed by atoms with E-state index < -0.39 is 29.8 Å². The SMILES string of the molecule is COC(Cc1cccc(C(F)(F)F)c1)C(=O)NC(C)C#CCN. The Morgan fingerprint density at radius 1 is 1.43 bits per heavy atom. The van der Waals surface area contributed by atoms with Crippen molar-refractivity contribution in [2.45, 2.75) is 31.7 Å². The number of hydrogen-bond acceptors (Lipinski definition) is 3. The van der Waals surface area contributed by atoms with Gasteiger partial charge in [-0.25, -0.2) is 0 Å². The van der Waals surface area contributed by atoms with Crippen molar-refractivity contribution in [1.82, 2.24) is 5.32 Å². The summed E-state index contributed by atoms with van der Waals surface area (Å²) in [5.74, 6) is 4.91. The van der Waals surface area contributed by atoms with Crippen molar-refractivity contribution in [3.63, 3.8) is 0 Å². The Bertz CT molecular complexity index is 591. The van der Waals surface area contributed by atoms with Crippen LogP contribution in [0.1, 0.15) is 18.1 Å². The Morgan fingerprint density at radius 2 is 2.13 bits per heavy atom. The van der Waals surface area contributed by atoms with Gasteiger partial charge in [-0.3, -0.25) is 4.79 Å². The number of alkyl halides is 3. The predicted molar refractivity (Wildman–Crippen MR) is 80.4 cm³/mol. The van der Waals surface area contributed by atoms with Gasteiger partial charge in [0, 0.05) is 13.5 Å². The molecule has 0 aliphatic carbocycles. The lowest BCUT2D eigenvalue weighted by Crippen LogP contribution is -2.41. The predicted octanol–water partition coefficient (Wildman–Crippen LogP) is 1.73. The Kier molecular flexibility index (Phi) is 7.07. The van der Waals surface area contributed by atoms with E-state index in [0.29, 0.717) is 5.56 Å². The van der Waals surface area contributed by atoms with E-state index in [-0.39, 0.29) is 13.0 Å². The molecular weight excluding hydrogens is 309 g/mol. The van der Waals surface area contributed by atoms with Gasteiger partial charge in [-0.2, -0.15) is 13.2 Å². The standard InChI is InChI=1S/C16H19F3N2O2/c1-11(5-4-8-20)21-15(22)14(23-2)10-12-6-3-7-13(9-12)16(17,18)19/h3,6-7,9,11,14H,8,10,20H2,1-2H3,(H,21,22). The number of amides is 1. The first-order valence-corrected chi connectivity index (χ1v) is 6.95. The molecule has 0 saturated heterocycles. The fourth-order valence-electron chi connectivity index (χ4n) is 1.93. The van der Waals surface area contributed by atoms with Crippen molar-refractivity contribution in [3.05, 3.63) is 35.4 Å². The molecule has 0 radical (unpaired) electrons. The highest BCUT2D eigenvalue weighted by Crippen LogP contribution is 2.29. The minimum absolute atomic E-state index is 0.0310. The summed E-state index contributed by atoms with van der Waals surface area (Å²) in [6.45, 7) is 1.86. The van der Waals surface area contributed by atoms with Gasteiger partial charge in [-0.05, 0) is 18.6 Å². The molecule has 2 unspecified atom stereocenters. The molecule has 2 atom stereocenters. The second-order valence-electron chi connectivity index (χ2n) is 4.88. The van der Waals surface area contributed by atoms with Crippen LogP contribution in [-0.2, 0) is 22.1 Å². The van der Waals surface area contributed by atoms with Crippen molar-refractivity contribution in [2.24, 2.45) is 5.73 Å². The number of methoxy groups -OCH3 is 1. The molecule has 1 rings (SSSR count). The maximum absolute atomic E-state index is 12.7. The summed E-state index contributed by atoms with van der Waals surface area (Å²) in [6.07, 6.45) is -5.29. The zero-order valence-corrected chi connectivity index (χ0v) is 12.9. The van der Waals surface area contributed by atoms with Gasteiger partial charge in [-0.15, -0.1) is 0 Å². The molecule has 7 heteroatoms. The van der Waals surface area contributed by atoms with Gasteiger partial charge >= 0.3 is 6.18 Å². The molecular formula is C16H19F3N2O2. The van der Waals surface area contributed by atoms with E-state index in [1.165, 1.54) is 19.2 Å². The number of hydrogen-bond donors (Lipinski definition) is 2. The fraction of sp³-hybridized carbons (Fsp3) is 0.438. The molecule has 4 nitrogen and oxygen atoms in total. The third kappa shape index (κ3) is 6.30. The first kappa shape index (κ1) is 19.0. The van der Waals surface area contributed by atoms with Crippen molar-refractivity contribution in [2.75, 3.05) is 13.7 Å². The van der Waals surface area contributed by atoms with Crippen molar-refractivity contribution in [1.29, 1.82) is 0 Å². The molecule has 0 spiro atoms. The van der Waals surface area contributed by atoms with Gasteiger partial charge < -0.3 is 15.8 Å². The number of ether oxygens (including phenoxy) is 1. The third-order valence-corrected chi connectivity index (χ3v) is 3.03.